The fourth-order valence-electron chi connectivity index (χ4n) is 2.44. The zero-order valence-electron chi connectivity index (χ0n) is 12.4. The van der Waals surface area contributed by atoms with Gasteiger partial charge in [0.05, 0.1) is 19.2 Å². The van der Waals surface area contributed by atoms with E-state index in [1.807, 2.05) is 18.2 Å². The highest BCUT2D eigenvalue weighted by Crippen LogP contribution is 2.38. The maximum Gasteiger partial charge on any atom is 0.256 e. The number of hydrogen-bond donors (Lipinski definition) is 1. The van der Waals surface area contributed by atoms with Crippen LogP contribution < -0.4 is 14.8 Å². The summed E-state index contributed by atoms with van der Waals surface area (Å²) >= 11 is 9.73. The molecule has 0 aromatic heterocycles. The first kappa shape index (κ1) is 15.9. The number of anilines is 1. The smallest absolute Gasteiger partial charge is 0.256 e. The van der Waals surface area contributed by atoms with Crippen molar-refractivity contribution in [1.82, 2.24) is 0 Å². The van der Waals surface area contributed by atoms with Crippen molar-refractivity contribution in [1.29, 1.82) is 0 Å². The lowest BCUT2D eigenvalue weighted by molar-refractivity contribution is -0.110. The zero-order valence-corrected chi connectivity index (χ0v) is 14.8. The molecule has 23 heavy (non-hydrogen) atoms. The summed E-state index contributed by atoms with van der Waals surface area (Å²) in [4.78, 5) is 12.2. The first-order chi connectivity index (χ1) is 11.0. The van der Waals surface area contributed by atoms with Crippen molar-refractivity contribution >= 4 is 50.8 Å². The molecule has 0 saturated heterocycles. The van der Waals surface area contributed by atoms with Gasteiger partial charge < -0.3 is 14.8 Å². The number of halogens is 2. The van der Waals surface area contributed by atoms with Crippen LogP contribution in [0.4, 0.5) is 5.69 Å². The molecule has 0 atom stereocenters. The van der Waals surface area contributed by atoms with Crippen LogP contribution in [0.25, 0.3) is 11.6 Å². The van der Waals surface area contributed by atoms with E-state index in [9.17, 15) is 4.79 Å². The molecule has 0 spiro atoms. The molecule has 118 valence electrons. The fourth-order valence-corrected chi connectivity index (χ4v) is 3.01. The van der Waals surface area contributed by atoms with E-state index < -0.39 is 0 Å². The molecule has 0 aliphatic carbocycles. The third-order valence-corrected chi connectivity index (χ3v) is 4.39. The Balaban J connectivity index is 2.13. The molecule has 0 fully saturated rings. The molecule has 3 rings (SSSR count). The van der Waals surface area contributed by atoms with Crippen LogP contribution in [-0.4, -0.2) is 20.1 Å². The van der Waals surface area contributed by atoms with Crippen molar-refractivity contribution in [2.75, 3.05) is 19.5 Å². The summed E-state index contributed by atoms with van der Waals surface area (Å²) < 4.78 is 11.4. The van der Waals surface area contributed by atoms with E-state index in [0.29, 0.717) is 27.7 Å². The highest BCUT2D eigenvalue weighted by molar-refractivity contribution is 9.10. The van der Waals surface area contributed by atoms with E-state index in [0.717, 1.165) is 15.7 Å². The summed E-state index contributed by atoms with van der Waals surface area (Å²) in [6.07, 6.45) is 1.75. The van der Waals surface area contributed by atoms with Gasteiger partial charge in [0.25, 0.3) is 5.91 Å². The first-order valence-electron chi connectivity index (χ1n) is 6.78. The molecular weight excluding hydrogens is 382 g/mol. The highest BCUT2D eigenvalue weighted by Gasteiger charge is 2.24. The summed E-state index contributed by atoms with van der Waals surface area (Å²) in [5.74, 6) is 0.930. The van der Waals surface area contributed by atoms with Gasteiger partial charge in [-0.05, 0) is 35.9 Å². The molecular formula is C17H13BrClNO3. The number of ether oxygens (including phenoxy) is 2. The normalized spacial score (nSPS) is 14.6. The second-order valence-electron chi connectivity index (χ2n) is 4.93. The van der Waals surface area contributed by atoms with Crippen molar-refractivity contribution in [3.8, 4) is 11.5 Å². The second kappa shape index (κ2) is 6.26. The van der Waals surface area contributed by atoms with E-state index >= 15 is 0 Å². The van der Waals surface area contributed by atoms with Gasteiger partial charge in [-0.2, -0.15) is 0 Å². The number of carbonyl (C=O) groups excluding carboxylic acids is 1. The Hall–Kier alpha value is -1.98. The predicted octanol–water partition coefficient (Wildman–Crippen LogP) is 4.61. The number of nitrogens with one attached hydrogen (secondary N) is 1. The van der Waals surface area contributed by atoms with Crippen LogP contribution in [0.5, 0.6) is 11.5 Å². The molecule has 0 radical (unpaired) electrons. The highest BCUT2D eigenvalue weighted by atomic mass is 79.9. The van der Waals surface area contributed by atoms with Crippen LogP contribution in [0.2, 0.25) is 5.02 Å². The molecule has 4 nitrogen and oxygen atoms in total. The van der Waals surface area contributed by atoms with E-state index in [1.54, 1.807) is 32.4 Å². The molecule has 1 N–H and O–H groups in total. The van der Waals surface area contributed by atoms with Crippen LogP contribution in [0.1, 0.15) is 11.1 Å². The van der Waals surface area contributed by atoms with Gasteiger partial charge in [-0.25, -0.2) is 0 Å². The van der Waals surface area contributed by atoms with Gasteiger partial charge in [-0.3, -0.25) is 4.79 Å². The van der Waals surface area contributed by atoms with Crippen molar-refractivity contribution in [3.05, 3.63) is 51.0 Å². The lowest BCUT2D eigenvalue weighted by Crippen LogP contribution is -2.03. The standard InChI is InChI=1S/C17H13BrClNO3/c1-22-15-6-9(13(19)8-16(15)23-2)5-12-11-7-10(18)3-4-14(11)20-17(12)21/h3-8H,1-2H3,(H,20,21). The number of hydrogen-bond acceptors (Lipinski definition) is 3. The summed E-state index contributed by atoms with van der Waals surface area (Å²) in [7, 11) is 3.10. The Morgan fingerprint density at radius 3 is 2.52 bits per heavy atom. The molecule has 1 amide bonds. The minimum atomic E-state index is -0.163. The van der Waals surface area contributed by atoms with Crippen molar-refractivity contribution in [2.24, 2.45) is 0 Å². The monoisotopic (exact) mass is 393 g/mol. The SMILES string of the molecule is COc1cc(Cl)c(C=C2C(=O)Nc3ccc(Br)cc32)cc1OC. The van der Waals surface area contributed by atoms with E-state index in [1.165, 1.54) is 0 Å². The van der Waals surface area contributed by atoms with Gasteiger partial charge in [0.1, 0.15) is 0 Å². The molecule has 0 bridgehead atoms. The van der Waals surface area contributed by atoms with E-state index in [2.05, 4.69) is 21.2 Å². The van der Waals surface area contributed by atoms with Crippen molar-refractivity contribution < 1.29 is 14.3 Å². The van der Waals surface area contributed by atoms with Gasteiger partial charge in [0.2, 0.25) is 0 Å². The quantitative estimate of drug-likeness (QED) is 0.773. The largest absolute Gasteiger partial charge is 0.493 e. The number of amides is 1. The number of benzene rings is 2. The number of carbonyl (C=O) groups is 1. The molecule has 1 heterocycles. The predicted molar refractivity (Wildman–Crippen MR) is 95.2 cm³/mol. The minimum Gasteiger partial charge on any atom is -0.493 e. The number of rotatable bonds is 3. The van der Waals surface area contributed by atoms with Crippen LogP contribution in [0.15, 0.2) is 34.8 Å². The first-order valence-corrected chi connectivity index (χ1v) is 7.95. The Bertz CT molecular complexity index is 833. The molecule has 2 aromatic carbocycles. The molecule has 0 unspecified atom stereocenters. The maximum absolute atomic E-state index is 12.2. The van der Waals surface area contributed by atoms with Gasteiger partial charge in [0.15, 0.2) is 11.5 Å². The van der Waals surface area contributed by atoms with Crippen LogP contribution in [0.3, 0.4) is 0 Å². The van der Waals surface area contributed by atoms with E-state index in [-0.39, 0.29) is 5.91 Å². The van der Waals surface area contributed by atoms with Gasteiger partial charge in [-0.1, -0.05) is 27.5 Å². The third-order valence-electron chi connectivity index (χ3n) is 3.57. The van der Waals surface area contributed by atoms with E-state index in [4.69, 9.17) is 21.1 Å². The number of fused-ring (bicyclic) bond motifs is 1. The Morgan fingerprint density at radius 1 is 1.13 bits per heavy atom. The summed E-state index contributed by atoms with van der Waals surface area (Å²) in [5.41, 5.74) is 2.84. The van der Waals surface area contributed by atoms with Gasteiger partial charge >= 0.3 is 0 Å². The lowest BCUT2D eigenvalue weighted by Gasteiger charge is -2.10. The summed E-state index contributed by atoms with van der Waals surface area (Å²) in [5, 5.41) is 3.32. The van der Waals surface area contributed by atoms with Crippen LogP contribution in [0, 0.1) is 0 Å². The van der Waals surface area contributed by atoms with Gasteiger partial charge in [0, 0.05) is 27.4 Å². The van der Waals surface area contributed by atoms with Gasteiger partial charge in [-0.15, -0.1) is 0 Å². The average molecular weight is 395 g/mol. The Kier molecular flexibility index (Phi) is 4.33. The molecule has 6 heteroatoms. The van der Waals surface area contributed by atoms with Crippen LogP contribution in [-0.2, 0) is 4.79 Å². The third kappa shape index (κ3) is 2.94. The second-order valence-corrected chi connectivity index (χ2v) is 6.25. The lowest BCUT2D eigenvalue weighted by atomic mass is 10.0. The molecule has 1 aliphatic heterocycles. The zero-order chi connectivity index (χ0) is 16.6. The molecule has 2 aromatic rings. The summed E-state index contributed by atoms with van der Waals surface area (Å²) in [6.45, 7) is 0. The number of methoxy groups -OCH3 is 2. The topological polar surface area (TPSA) is 47.6 Å². The van der Waals surface area contributed by atoms with Crippen molar-refractivity contribution in [2.45, 2.75) is 0 Å². The summed E-state index contributed by atoms with van der Waals surface area (Å²) in [6, 6.07) is 9.05. The molecule has 0 saturated carbocycles. The Labute approximate surface area is 147 Å². The van der Waals surface area contributed by atoms with Crippen LogP contribution >= 0.6 is 27.5 Å². The van der Waals surface area contributed by atoms with Crippen molar-refractivity contribution in [3.63, 3.8) is 0 Å². The fraction of sp³-hybridized carbons (Fsp3) is 0.118. The maximum atomic E-state index is 12.2. The Morgan fingerprint density at radius 2 is 1.83 bits per heavy atom. The minimum absolute atomic E-state index is 0.163. The molecule has 1 aliphatic rings. The average Bonchev–Trinajstić information content (AvgIpc) is 2.84.